The molecule has 3 rings (SSSR count). The lowest BCUT2D eigenvalue weighted by Crippen LogP contribution is -2.25. The van der Waals surface area contributed by atoms with Gasteiger partial charge in [-0.15, -0.1) is 0 Å². The summed E-state index contributed by atoms with van der Waals surface area (Å²) in [6.45, 7) is 13.4. The van der Waals surface area contributed by atoms with Crippen LogP contribution in [0.25, 0.3) is 0 Å². The van der Waals surface area contributed by atoms with Crippen LogP contribution < -0.4 is 5.30 Å². The van der Waals surface area contributed by atoms with E-state index in [9.17, 15) is 5.11 Å². The van der Waals surface area contributed by atoms with Crippen molar-refractivity contribution in [2.45, 2.75) is 84.2 Å². The number of aliphatic imine (C=N–C) groups is 1. The summed E-state index contributed by atoms with van der Waals surface area (Å²) in [7, 11) is 0.542. The van der Waals surface area contributed by atoms with E-state index in [-0.39, 0.29) is 10.6 Å². The highest BCUT2D eigenvalue weighted by Crippen LogP contribution is 2.52. The van der Waals surface area contributed by atoms with E-state index in [0.717, 1.165) is 41.6 Å². The van der Waals surface area contributed by atoms with E-state index < -0.39 is 0 Å². The summed E-state index contributed by atoms with van der Waals surface area (Å²) >= 11 is 0. The number of aryl methyl sites for hydroxylation is 1. The van der Waals surface area contributed by atoms with Crippen molar-refractivity contribution in [3.63, 3.8) is 0 Å². The molecule has 35 heavy (non-hydrogen) atoms. The maximum absolute atomic E-state index is 11.4. The minimum Gasteiger partial charge on any atom is -0.507 e. The Morgan fingerprint density at radius 1 is 0.914 bits per heavy atom. The summed E-state index contributed by atoms with van der Waals surface area (Å²) < 4.78 is 0. The number of phenolic OH excluding ortho intramolecular Hbond substituents is 1. The third kappa shape index (κ3) is 6.83. The molecule has 0 aromatic heterocycles. The molecule has 0 fully saturated rings. The highest BCUT2D eigenvalue weighted by Gasteiger charge is 2.35. The minimum absolute atomic E-state index is 0.0273. The molecule has 2 atom stereocenters. The van der Waals surface area contributed by atoms with Gasteiger partial charge in [-0.2, -0.15) is 0 Å². The molecule has 2 unspecified atom stereocenters. The van der Waals surface area contributed by atoms with E-state index in [0.29, 0.717) is 14.3 Å². The molecule has 3 aromatic rings. The van der Waals surface area contributed by atoms with Crippen molar-refractivity contribution in [2.75, 3.05) is 0 Å². The highest BCUT2D eigenvalue weighted by atomic mass is 31.1. The van der Waals surface area contributed by atoms with Crippen molar-refractivity contribution in [1.82, 2.24) is 0 Å². The van der Waals surface area contributed by atoms with Crippen LogP contribution in [0.5, 0.6) is 5.75 Å². The fourth-order valence-corrected chi connectivity index (χ4v) is 6.40. The third-order valence-electron chi connectivity index (χ3n) is 6.94. The Kier molecular flexibility index (Phi) is 9.31. The quantitative estimate of drug-likeness (QED) is 0.173. The Morgan fingerprint density at radius 2 is 1.60 bits per heavy atom. The van der Waals surface area contributed by atoms with Crippen molar-refractivity contribution in [2.24, 2.45) is 4.99 Å². The lowest BCUT2D eigenvalue weighted by molar-refractivity contribution is 0.431. The van der Waals surface area contributed by atoms with Crippen molar-refractivity contribution >= 4 is 25.8 Å². The SMILES string of the molecule is CCCCCC(CC)(Pc1ccccc1C=Nc1ccccc1)c1cc(C(C)(C)C)cc(C)c1O. The maximum Gasteiger partial charge on any atom is 0.122 e. The maximum atomic E-state index is 11.4. The van der Waals surface area contributed by atoms with Crippen LogP contribution in [-0.4, -0.2) is 11.3 Å². The van der Waals surface area contributed by atoms with Gasteiger partial charge in [0.1, 0.15) is 5.75 Å². The number of hydrogen-bond acceptors (Lipinski definition) is 2. The smallest absolute Gasteiger partial charge is 0.122 e. The normalized spacial score (nSPS) is 14.1. The van der Waals surface area contributed by atoms with E-state index >= 15 is 0 Å². The zero-order chi connectivity index (χ0) is 25.5. The van der Waals surface area contributed by atoms with Gasteiger partial charge in [-0.05, 0) is 53.7 Å². The molecule has 1 N–H and O–H groups in total. The van der Waals surface area contributed by atoms with Gasteiger partial charge >= 0.3 is 0 Å². The van der Waals surface area contributed by atoms with Crippen molar-refractivity contribution in [1.29, 1.82) is 0 Å². The molecule has 0 heterocycles. The van der Waals surface area contributed by atoms with Gasteiger partial charge in [0.15, 0.2) is 0 Å². The Hall–Kier alpha value is -2.44. The molecule has 0 spiro atoms. The molecule has 3 aromatic carbocycles. The molecular formula is C32H42NOP. The fraction of sp³-hybridized carbons (Fsp3) is 0.406. The number of phenols is 1. The average Bonchev–Trinajstić information content (AvgIpc) is 2.84. The predicted octanol–water partition coefficient (Wildman–Crippen LogP) is 8.94. The molecule has 0 aliphatic heterocycles. The van der Waals surface area contributed by atoms with Crippen LogP contribution in [0.3, 0.4) is 0 Å². The van der Waals surface area contributed by atoms with Crippen LogP contribution >= 0.6 is 8.58 Å². The number of benzene rings is 3. The van der Waals surface area contributed by atoms with E-state index in [1.807, 2.05) is 43.5 Å². The first-order chi connectivity index (χ1) is 16.7. The molecule has 0 bridgehead atoms. The summed E-state index contributed by atoms with van der Waals surface area (Å²) in [5.74, 6) is 0.472. The van der Waals surface area contributed by atoms with Gasteiger partial charge in [0, 0.05) is 22.5 Å². The monoisotopic (exact) mass is 487 g/mol. The number of aromatic hydroxyl groups is 1. The van der Waals surface area contributed by atoms with Crippen LogP contribution in [0.15, 0.2) is 71.7 Å². The largest absolute Gasteiger partial charge is 0.507 e. The van der Waals surface area contributed by atoms with Gasteiger partial charge in [-0.1, -0.05) is 117 Å². The second-order valence-corrected chi connectivity index (χ2v) is 12.4. The molecule has 0 saturated carbocycles. The topological polar surface area (TPSA) is 32.6 Å². The molecule has 3 heteroatoms. The summed E-state index contributed by atoms with van der Waals surface area (Å²) in [6, 6.07) is 23.2. The Labute approximate surface area is 214 Å². The average molecular weight is 488 g/mol. The summed E-state index contributed by atoms with van der Waals surface area (Å²) in [4.78, 5) is 4.75. The van der Waals surface area contributed by atoms with Crippen LogP contribution in [0.4, 0.5) is 5.69 Å². The molecule has 0 radical (unpaired) electrons. The molecule has 0 saturated heterocycles. The highest BCUT2D eigenvalue weighted by molar-refractivity contribution is 7.48. The zero-order valence-corrected chi connectivity index (χ0v) is 23.4. The standard InChI is InChI=1S/C32H42NOP/c1-7-9-15-20-32(8-2,28-22-26(31(4,5)6)21-24(3)30(28)34)35-29-19-14-13-16-25(29)23-33-27-17-11-10-12-18-27/h10-14,16-19,21-23,34-35H,7-9,15,20H2,1-6H3. The molecular weight excluding hydrogens is 445 g/mol. The Balaban J connectivity index is 2.10. The van der Waals surface area contributed by atoms with Gasteiger partial charge < -0.3 is 5.11 Å². The van der Waals surface area contributed by atoms with Crippen molar-refractivity contribution in [3.8, 4) is 5.75 Å². The van der Waals surface area contributed by atoms with Gasteiger partial charge in [-0.25, -0.2) is 0 Å². The van der Waals surface area contributed by atoms with Crippen LogP contribution in [0.2, 0.25) is 0 Å². The van der Waals surface area contributed by atoms with Crippen LogP contribution in [0, 0.1) is 6.92 Å². The minimum atomic E-state index is -0.109. The van der Waals surface area contributed by atoms with E-state index in [1.54, 1.807) is 0 Å². The molecule has 2 nitrogen and oxygen atoms in total. The lowest BCUT2D eigenvalue weighted by atomic mass is 9.80. The number of rotatable bonds is 10. The van der Waals surface area contributed by atoms with E-state index in [2.05, 4.69) is 71.0 Å². The fourth-order valence-electron chi connectivity index (χ4n) is 4.61. The summed E-state index contributed by atoms with van der Waals surface area (Å²) in [6.07, 6.45) is 7.62. The molecule has 0 amide bonds. The number of para-hydroxylation sites is 1. The Morgan fingerprint density at radius 3 is 2.26 bits per heavy atom. The Bertz CT molecular complexity index is 1130. The summed E-state index contributed by atoms with van der Waals surface area (Å²) in [5, 5.41) is 12.6. The zero-order valence-electron chi connectivity index (χ0n) is 22.4. The lowest BCUT2D eigenvalue weighted by Gasteiger charge is -2.36. The number of unbranched alkanes of at least 4 members (excludes halogenated alkanes) is 2. The second-order valence-electron chi connectivity index (χ2n) is 10.6. The molecule has 186 valence electrons. The van der Waals surface area contributed by atoms with E-state index in [1.165, 1.54) is 23.7 Å². The van der Waals surface area contributed by atoms with Crippen molar-refractivity contribution in [3.05, 3.63) is 89.0 Å². The van der Waals surface area contributed by atoms with Gasteiger partial charge in [0.05, 0.1) is 5.69 Å². The van der Waals surface area contributed by atoms with Crippen LogP contribution in [0.1, 0.15) is 89.0 Å². The first kappa shape index (κ1) is 27.2. The number of nitrogens with zero attached hydrogens (tertiary/aromatic N) is 1. The summed E-state index contributed by atoms with van der Waals surface area (Å²) in [5.41, 5.74) is 5.53. The van der Waals surface area contributed by atoms with Crippen LogP contribution in [-0.2, 0) is 10.6 Å². The predicted molar refractivity (Wildman–Crippen MR) is 156 cm³/mol. The van der Waals surface area contributed by atoms with Crippen molar-refractivity contribution < 1.29 is 5.11 Å². The third-order valence-corrected chi connectivity index (χ3v) is 9.01. The van der Waals surface area contributed by atoms with Gasteiger partial charge in [-0.3, -0.25) is 4.99 Å². The van der Waals surface area contributed by atoms with E-state index in [4.69, 9.17) is 4.99 Å². The first-order valence-corrected chi connectivity index (χ1v) is 14.0. The van der Waals surface area contributed by atoms with Gasteiger partial charge in [0.25, 0.3) is 0 Å². The van der Waals surface area contributed by atoms with Gasteiger partial charge in [0.2, 0.25) is 0 Å². The molecule has 0 aliphatic carbocycles. The first-order valence-electron chi connectivity index (χ1n) is 13.0. The second kappa shape index (κ2) is 12.0. The molecule has 0 aliphatic rings. The number of hydrogen-bond donors (Lipinski definition) is 1.